The molecule has 4 nitrogen and oxygen atoms in total. The second-order valence-corrected chi connectivity index (χ2v) is 5.31. The van der Waals surface area contributed by atoms with Crippen LogP contribution in [0, 0.1) is 11.3 Å². The van der Waals surface area contributed by atoms with Crippen molar-refractivity contribution in [3.8, 4) is 0 Å². The molecule has 1 heterocycles. The number of ether oxygens (including phenoxy) is 1. The molecule has 4 heteroatoms. The van der Waals surface area contributed by atoms with Crippen molar-refractivity contribution < 1.29 is 9.53 Å². The first kappa shape index (κ1) is 14.5. The van der Waals surface area contributed by atoms with E-state index in [9.17, 15) is 4.79 Å². The highest BCUT2D eigenvalue weighted by molar-refractivity contribution is 5.83. The first-order chi connectivity index (χ1) is 8.04. The van der Waals surface area contributed by atoms with Gasteiger partial charge in [0.2, 0.25) is 5.91 Å². The van der Waals surface area contributed by atoms with Gasteiger partial charge in [-0.2, -0.15) is 0 Å². The van der Waals surface area contributed by atoms with Crippen LogP contribution in [0.3, 0.4) is 0 Å². The molecule has 0 aromatic rings. The average Bonchev–Trinajstić information content (AvgIpc) is 2.78. The molecule has 1 saturated heterocycles. The van der Waals surface area contributed by atoms with Gasteiger partial charge in [0, 0.05) is 33.9 Å². The number of carbonyl (C=O) groups is 1. The second-order valence-electron chi connectivity index (χ2n) is 5.31. The molecule has 1 amide bonds. The van der Waals surface area contributed by atoms with E-state index in [4.69, 9.17) is 4.74 Å². The summed E-state index contributed by atoms with van der Waals surface area (Å²) >= 11 is 0. The van der Waals surface area contributed by atoms with Crippen LogP contribution < -0.4 is 5.32 Å². The lowest BCUT2D eigenvalue weighted by atomic mass is 9.75. The smallest absolute Gasteiger partial charge is 0.230 e. The van der Waals surface area contributed by atoms with Crippen LogP contribution in [0.4, 0.5) is 0 Å². The molecule has 1 rings (SSSR count). The lowest BCUT2D eigenvalue weighted by Gasteiger charge is -2.35. The van der Waals surface area contributed by atoms with E-state index in [0.29, 0.717) is 12.5 Å². The van der Waals surface area contributed by atoms with Crippen molar-refractivity contribution in [3.63, 3.8) is 0 Å². The zero-order valence-electron chi connectivity index (χ0n) is 11.6. The van der Waals surface area contributed by atoms with Crippen LogP contribution in [0.15, 0.2) is 0 Å². The fourth-order valence-corrected chi connectivity index (χ4v) is 2.56. The predicted octanol–water partition coefficient (Wildman–Crippen LogP) is 1.12. The van der Waals surface area contributed by atoms with Crippen LogP contribution in [-0.4, -0.2) is 51.2 Å². The van der Waals surface area contributed by atoms with Crippen molar-refractivity contribution in [2.24, 2.45) is 11.3 Å². The van der Waals surface area contributed by atoms with E-state index in [-0.39, 0.29) is 11.3 Å². The van der Waals surface area contributed by atoms with Crippen molar-refractivity contribution in [1.82, 2.24) is 10.2 Å². The van der Waals surface area contributed by atoms with Crippen molar-refractivity contribution in [2.75, 3.05) is 40.4 Å². The van der Waals surface area contributed by atoms with Gasteiger partial charge in [0.1, 0.15) is 0 Å². The second kappa shape index (κ2) is 6.36. The summed E-state index contributed by atoms with van der Waals surface area (Å²) in [4.78, 5) is 14.4. The highest BCUT2D eigenvalue weighted by Gasteiger charge is 2.45. The quantitative estimate of drug-likeness (QED) is 0.710. The summed E-state index contributed by atoms with van der Waals surface area (Å²) in [6.07, 6.45) is 1.86. The van der Waals surface area contributed by atoms with E-state index in [0.717, 1.165) is 32.5 Å². The fourth-order valence-electron chi connectivity index (χ4n) is 2.56. The van der Waals surface area contributed by atoms with Gasteiger partial charge >= 0.3 is 0 Å². The van der Waals surface area contributed by atoms with Gasteiger partial charge in [0.15, 0.2) is 0 Å². The maximum absolute atomic E-state index is 12.5. The Labute approximate surface area is 105 Å². The summed E-state index contributed by atoms with van der Waals surface area (Å²) in [6, 6.07) is 0. The van der Waals surface area contributed by atoms with E-state index in [1.165, 1.54) is 0 Å². The van der Waals surface area contributed by atoms with Crippen LogP contribution in [0.25, 0.3) is 0 Å². The summed E-state index contributed by atoms with van der Waals surface area (Å²) in [5, 5.41) is 3.33. The Morgan fingerprint density at radius 3 is 2.71 bits per heavy atom. The van der Waals surface area contributed by atoms with Crippen LogP contribution >= 0.6 is 0 Å². The summed E-state index contributed by atoms with van der Waals surface area (Å²) in [5.41, 5.74) is -0.193. The molecule has 1 N–H and O–H groups in total. The molecule has 1 aliphatic heterocycles. The van der Waals surface area contributed by atoms with Gasteiger partial charge in [0.25, 0.3) is 0 Å². The van der Waals surface area contributed by atoms with Gasteiger partial charge < -0.3 is 15.0 Å². The molecule has 17 heavy (non-hydrogen) atoms. The number of hydrogen-bond acceptors (Lipinski definition) is 3. The number of methoxy groups -OCH3 is 1. The maximum atomic E-state index is 12.5. The third-order valence-corrected chi connectivity index (χ3v) is 3.91. The largest absolute Gasteiger partial charge is 0.385 e. The monoisotopic (exact) mass is 242 g/mol. The van der Waals surface area contributed by atoms with Crippen molar-refractivity contribution in [2.45, 2.75) is 26.7 Å². The number of nitrogens with one attached hydrogen (secondary N) is 1. The van der Waals surface area contributed by atoms with E-state index >= 15 is 0 Å². The number of carbonyl (C=O) groups excluding carboxylic acids is 1. The summed E-state index contributed by atoms with van der Waals surface area (Å²) in [7, 11) is 3.60. The number of amides is 1. The molecule has 1 unspecified atom stereocenters. The normalized spacial score (nSPS) is 24.3. The van der Waals surface area contributed by atoms with E-state index in [2.05, 4.69) is 19.2 Å². The van der Waals surface area contributed by atoms with Gasteiger partial charge in [-0.1, -0.05) is 13.8 Å². The van der Waals surface area contributed by atoms with Crippen LogP contribution in [0.1, 0.15) is 26.7 Å². The van der Waals surface area contributed by atoms with E-state index in [1.54, 1.807) is 7.11 Å². The SMILES string of the molecule is COCCCN(C)C(=O)C1(C(C)C)CCNC1. The molecule has 0 bridgehead atoms. The third-order valence-electron chi connectivity index (χ3n) is 3.91. The van der Waals surface area contributed by atoms with Gasteiger partial charge in [-0.25, -0.2) is 0 Å². The number of rotatable bonds is 6. The van der Waals surface area contributed by atoms with Crippen molar-refractivity contribution in [3.05, 3.63) is 0 Å². The summed E-state index contributed by atoms with van der Waals surface area (Å²) < 4.78 is 5.02. The Morgan fingerprint density at radius 1 is 1.53 bits per heavy atom. The van der Waals surface area contributed by atoms with Gasteiger partial charge in [-0.15, -0.1) is 0 Å². The molecular weight excluding hydrogens is 216 g/mol. The van der Waals surface area contributed by atoms with Crippen molar-refractivity contribution >= 4 is 5.91 Å². The molecule has 1 fully saturated rings. The van der Waals surface area contributed by atoms with Gasteiger partial charge in [0.05, 0.1) is 5.41 Å². The molecular formula is C13H26N2O2. The van der Waals surface area contributed by atoms with Crippen LogP contribution in [-0.2, 0) is 9.53 Å². The standard InChI is InChI=1S/C13H26N2O2/c1-11(2)13(6-7-14-10-13)12(16)15(3)8-5-9-17-4/h11,14H,5-10H2,1-4H3. The minimum Gasteiger partial charge on any atom is -0.385 e. The number of hydrogen-bond donors (Lipinski definition) is 1. The third kappa shape index (κ3) is 3.19. The molecule has 1 atom stereocenters. The maximum Gasteiger partial charge on any atom is 0.230 e. The Morgan fingerprint density at radius 2 is 2.24 bits per heavy atom. The minimum absolute atomic E-state index is 0.193. The molecule has 0 saturated carbocycles. The Hall–Kier alpha value is -0.610. The van der Waals surface area contributed by atoms with Gasteiger partial charge in [-0.05, 0) is 25.3 Å². The topological polar surface area (TPSA) is 41.6 Å². The molecule has 100 valence electrons. The first-order valence-electron chi connectivity index (χ1n) is 6.50. The van der Waals surface area contributed by atoms with E-state index in [1.807, 2.05) is 11.9 Å². The fraction of sp³-hybridized carbons (Fsp3) is 0.923. The zero-order chi connectivity index (χ0) is 12.9. The van der Waals surface area contributed by atoms with Gasteiger partial charge in [-0.3, -0.25) is 4.79 Å². The first-order valence-corrected chi connectivity index (χ1v) is 6.50. The van der Waals surface area contributed by atoms with Crippen LogP contribution in [0.2, 0.25) is 0 Å². The van der Waals surface area contributed by atoms with E-state index < -0.39 is 0 Å². The highest BCUT2D eigenvalue weighted by Crippen LogP contribution is 2.35. The predicted molar refractivity (Wildman–Crippen MR) is 68.9 cm³/mol. The number of nitrogens with zero attached hydrogens (tertiary/aromatic N) is 1. The molecule has 0 aliphatic carbocycles. The lowest BCUT2D eigenvalue weighted by molar-refractivity contribution is -0.142. The average molecular weight is 242 g/mol. The van der Waals surface area contributed by atoms with Crippen LogP contribution in [0.5, 0.6) is 0 Å². The Bertz CT molecular complexity index is 248. The molecule has 0 aromatic carbocycles. The molecule has 1 aliphatic rings. The Balaban J connectivity index is 2.59. The highest BCUT2D eigenvalue weighted by atomic mass is 16.5. The molecule has 0 aromatic heterocycles. The molecule has 0 radical (unpaired) electrons. The molecule has 0 spiro atoms. The Kier molecular flexibility index (Phi) is 5.40. The summed E-state index contributed by atoms with van der Waals surface area (Å²) in [6.45, 7) is 7.56. The lowest BCUT2D eigenvalue weighted by Crippen LogP contribution is -2.47. The minimum atomic E-state index is -0.193. The van der Waals surface area contributed by atoms with Crippen molar-refractivity contribution in [1.29, 1.82) is 0 Å². The zero-order valence-corrected chi connectivity index (χ0v) is 11.6. The summed E-state index contributed by atoms with van der Waals surface area (Å²) in [5.74, 6) is 0.670.